The fourth-order valence-corrected chi connectivity index (χ4v) is 4.28. The number of hydrogen-bond acceptors (Lipinski definition) is 3. The van der Waals surface area contributed by atoms with Gasteiger partial charge >= 0.3 is 0 Å². The first-order chi connectivity index (χ1) is 13.2. The predicted molar refractivity (Wildman–Crippen MR) is 108 cm³/mol. The second kappa shape index (κ2) is 10.2. The van der Waals surface area contributed by atoms with Gasteiger partial charge < -0.3 is 11.1 Å². The molecule has 0 fully saturated rings. The van der Waals surface area contributed by atoms with E-state index in [1.54, 1.807) is 23.9 Å². The van der Waals surface area contributed by atoms with Gasteiger partial charge in [0.15, 0.2) is 17.5 Å². The van der Waals surface area contributed by atoms with Crippen LogP contribution in [0.3, 0.4) is 0 Å². The molecule has 2 aromatic carbocycles. The number of amides is 1. The zero-order chi connectivity index (χ0) is 20.8. The minimum absolute atomic E-state index is 0.172. The summed E-state index contributed by atoms with van der Waals surface area (Å²) in [4.78, 5) is 13.2. The average molecular weight is 431 g/mol. The monoisotopic (exact) mass is 430 g/mol. The van der Waals surface area contributed by atoms with E-state index in [1.165, 1.54) is 6.07 Å². The number of carbonyl (C=O) groups is 1. The lowest BCUT2D eigenvalue weighted by atomic mass is 10.0. The van der Waals surface area contributed by atoms with Crippen LogP contribution in [0.15, 0.2) is 35.2 Å². The molecule has 3 nitrogen and oxygen atoms in total. The Morgan fingerprint density at radius 1 is 1.18 bits per heavy atom. The number of carbonyl (C=O) groups excluding carboxylic acids is 1. The van der Waals surface area contributed by atoms with Crippen LogP contribution < -0.4 is 11.1 Å². The number of nitrogens with one attached hydrogen (secondary N) is 1. The minimum atomic E-state index is -1.58. The molecule has 152 valence electrons. The van der Waals surface area contributed by atoms with Crippen molar-refractivity contribution in [2.75, 3.05) is 11.9 Å². The SMILES string of the molecule is CC(CCN)CC(C)Sc1cc(C(=O)Nc2cc(F)c(F)c(F)c2)ccc1Cl. The Bertz CT molecular complexity index is 827. The van der Waals surface area contributed by atoms with Crippen LogP contribution >= 0.6 is 23.4 Å². The van der Waals surface area contributed by atoms with Gasteiger partial charge in [0.25, 0.3) is 5.91 Å². The highest BCUT2D eigenvalue weighted by molar-refractivity contribution is 8.00. The quantitative estimate of drug-likeness (QED) is 0.407. The first kappa shape index (κ1) is 22.6. The lowest BCUT2D eigenvalue weighted by Gasteiger charge is -2.17. The van der Waals surface area contributed by atoms with Crippen LogP contribution in [0, 0.1) is 23.4 Å². The number of halogens is 4. The summed E-state index contributed by atoms with van der Waals surface area (Å²) in [5.41, 5.74) is 5.69. The summed E-state index contributed by atoms with van der Waals surface area (Å²) in [6, 6.07) is 6.19. The van der Waals surface area contributed by atoms with Gasteiger partial charge in [0.05, 0.1) is 5.02 Å². The first-order valence-electron chi connectivity index (χ1n) is 8.83. The zero-order valence-electron chi connectivity index (χ0n) is 15.6. The van der Waals surface area contributed by atoms with Crippen molar-refractivity contribution in [2.24, 2.45) is 11.7 Å². The molecule has 0 radical (unpaired) electrons. The van der Waals surface area contributed by atoms with Crippen molar-refractivity contribution in [1.82, 2.24) is 0 Å². The minimum Gasteiger partial charge on any atom is -0.330 e. The molecule has 0 spiro atoms. The van der Waals surface area contributed by atoms with E-state index < -0.39 is 23.4 Å². The van der Waals surface area contributed by atoms with Gasteiger partial charge in [-0.3, -0.25) is 4.79 Å². The number of hydrogen-bond donors (Lipinski definition) is 2. The van der Waals surface area contributed by atoms with Crippen LogP contribution in [0.4, 0.5) is 18.9 Å². The Labute approximate surface area is 171 Å². The first-order valence-corrected chi connectivity index (χ1v) is 10.1. The van der Waals surface area contributed by atoms with Gasteiger partial charge in [0, 0.05) is 33.5 Å². The van der Waals surface area contributed by atoms with Gasteiger partial charge in [-0.2, -0.15) is 0 Å². The Morgan fingerprint density at radius 2 is 1.82 bits per heavy atom. The molecule has 0 saturated heterocycles. The Hall–Kier alpha value is -1.70. The predicted octanol–water partition coefficient (Wildman–Crippen LogP) is 5.87. The van der Waals surface area contributed by atoms with E-state index in [-0.39, 0.29) is 16.5 Å². The Balaban J connectivity index is 2.12. The molecular weight excluding hydrogens is 409 g/mol. The number of rotatable bonds is 8. The number of anilines is 1. The highest BCUT2D eigenvalue weighted by Gasteiger charge is 2.16. The molecule has 0 bridgehead atoms. The molecule has 0 saturated carbocycles. The van der Waals surface area contributed by atoms with Crippen molar-refractivity contribution in [2.45, 2.75) is 36.8 Å². The van der Waals surface area contributed by atoms with Gasteiger partial charge in [0.1, 0.15) is 0 Å². The van der Waals surface area contributed by atoms with Gasteiger partial charge in [-0.05, 0) is 43.5 Å². The maximum atomic E-state index is 13.3. The third kappa shape index (κ3) is 6.15. The Morgan fingerprint density at radius 3 is 2.43 bits per heavy atom. The molecule has 0 aliphatic heterocycles. The molecule has 0 aliphatic carbocycles. The molecule has 2 atom stereocenters. The maximum Gasteiger partial charge on any atom is 0.255 e. The van der Waals surface area contributed by atoms with Crippen LogP contribution in [-0.4, -0.2) is 17.7 Å². The second-order valence-corrected chi connectivity index (χ2v) is 8.59. The van der Waals surface area contributed by atoms with E-state index >= 15 is 0 Å². The van der Waals surface area contributed by atoms with E-state index in [2.05, 4.69) is 19.2 Å². The summed E-state index contributed by atoms with van der Waals surface area (Å²) in [6.07, 6.45) is 1.88. The summed E-state index contributed by atoms with van der Waals surface area (Å²) in [6.45, 7) is 4.85. The zero-order valence-corrected chi connectivity index (χ0v) is 17.1. The third-order valence-electron chi connectivity index (χ3n) is 4.16. The van der Waals surface area contributed by atoms with E-state index in [4.69, 9.17) is 17.3 Å². The molecule has 2 unspecified atom stereocenters. The van der Waals surface area contributed by atoms with Gasteiger partial charge in [-0.1, -0.05) is 25.4 Å². The van der Waals surface area contributed by atoms with E-state index in [0.717, 1.165) is 29.9 Å². The molecule has 0 heterocycles. The summed E-state index contributed by atoms with van der Waals surface area (Å²) in [5, 5.41) is 3.14. The molecular formula is C20H22ClF3N2OS. The van der Waals surface area contributed by atoms with Gasteiger partial charge in [-0.15, -0.1) is 11.8 Å². The maximum absolute atomic E-state index is 13.3. The van der Waals surface area contributed by atoms with Crippen molar-refractivity contribution in [1.29, 1.82) is 0 Å². The van der Waals surface area contributed by atoms with Crippen molar-refractivity contribution in [3.05, 3.63) is 58.4 Å². The van der Waals surface area contributed by atoms with Crippen molar-refractivity contribution in [3.8, 4) is 0 Å². The largest absolute Gasteiger partial charge is 0.330 e. The lowest BCUT2D eigenvalue weighted by molar-refractivity contribution is 0.102. The highest BCUT2D eigenvalue weighted by atomic mass is 35.5. The lowest BCUT2D eigenvalue weighted by Crippen LogP contribution is -2.13. The molecule has 3 N–H and O–H groups in total. The molecule has 0 aromatic heterocycles. The number of nitrogens with two attached hydrogens (primary N) is 1. The van der Waals surface area contributed by atoms with E-state index in [9.17, 15) is 18.0 Å². The van der Waals surface area contributed by atoms with Crippen molar-refractivity contribution < 1.29 is 18.0 Å². The van der Waals surface area contributed by atoms with Crippen LogP contribution in [-0.2, 0) is 0 Å². The van der Waals surface area contributed by atoms with E-state index in [1.807, 2.05) is 0 Å². The molecule has 1 amide bonds. The highest BCUT2D eigenvalue weighted by Crippen LogP contribution is 2.34. The molecule has 28 heavy (non-hydrogen) atoms. The molecule has 8 heteroatoms. The number of thioether (sulfide) groups is 1. The topological polar surface area (TPSA) is 55.1 Å². The second-order valence-electron chi connectivity index (χ2n) is 6.70. The summed E-state index contributed by atoms with van der Waals surface area (Å²) >= 11 is 7.80. The van der Waals surface area contributed by atoms with Gasteiger partial charge in [-0.25, -0.2) is 13.2 Å². The molecule has 2 aromatic rings. The van der Waals surface area contributed by atoms with Crippen LogP contribution in [0.5, 0.6) is 0 Å². The van der Waals surface area contributed by atoms with Crippen LogP contribution in [0.25, 0.3) is 0 Å². The smallest absolute Gasteiger partial charge is 0.255 e. The average Bonchev–Trinajstić information content (AvgIpc) is 2.61. The fraction of sp³-hybridized carbons (Fsp3) is 0.350. The van der Waals surface area contributed by atoms with Crippen molar-refractivity contribution >= 4 is 35.0 Å². The summed E-state index contributed by atoms with van der Waals surface area (Å²) in [5.74, 6) is -4.43. The van der Waals surface area contributed by atoms with Crippen LogP contribution in [0.1, 0.15) is 37.0 Å². The van der Waals surface area contributed by atoms with E-state index in [0.29, 0.717) is 17.5 Å². The van der Waals surface area contributed by atoms with Gasteiger partial charge in [0.2, 0.25) is 0 Å². The summed E-state index contributed by atoms with van der Waals surface area (Å²) < 4.78 is 39.7. The standard InChI is InChI=1S/C20H22ClF3N2OS/c1-11(5-6-25)7-12(2)28-18-8-13(3-4-15(18)21)20(27)26-14-9-16(22)19(24)17(23)10-14/h3-4,8-12H,5-7,25H2,1-2H3,(H,26,27). The Kier molecular flexibility index (Phi) is 8.22. The molecule has 2 rings (SSSR count). The normalized spacial score (nSPS) is 13.2. The number of benzene rings is 2. The third-order valence-corrected chi connectivity index (χ3v) is 5.79. The molecule has 0 aliphatic rings. The fourth-order valence-electron chi connectivity index (χ4n) is 2.80. The van der Waals surface area contributed by atoms with Crippen LogP contribution in [0.2, 0.25) is 5.02 Å². The van der Waals surface area contributed by atoms with Crippen molar-refractivity contribution in [3.63, 3.8) is 0 Å². The summed E-state index contributed by atoms with van der Waals surface area (Å²) in [7, 11) is 0.